The lowest BCUT2D eigenvalue weighted by Gasteiger charge is -2.03. The fraction of sp³-hybridized carbons (Fsp3) is 0.571. The maximum absolute atomic E-state index is 4.49. The molecule has 0 aliphatic rings. The Morgan fingerprint density at radius 2 is 1.75 bits per heavy atom. The average Bonchev–Trinajstić information content (AvgIpc) is 2.91. The van der Waals surface area contributed by atoms with Crippen LogP contribution in [0.5, 0.6) is 0 Å². The minimum Gasteiger partial charge on any atom is -0.378 e. The molecule has 0 saturated carbocycles. The van der Waals surface area contributed by atoms with Crippen LogP contribution in [0.15, 0.2) is 12.4 Å². The normalized spacial score (nSPS) is 10.4. The van der Waals surface area contributed by atoms with Crippen molar-refractivity contribution >= 4 is 18.1 Å². The molecule has 2 heterocycles. The molecule has 0 saturated heterocycles. The molecule has 0 spiro atoms. The highest BCUT2D eigenvalue weighted by Gasteiger charge is 2.07. The molecule has 2 aromatic heterocycles. The zero-order valence-electron chi connectivity index (χ0n) is 12.7. The maximum Gasteiger partial charge on any atom is 0.0825 e. The van der Waals surface area contributed by atoms with Gasteiger partial charge < -0.3 is 5.32 Å². The van der Waals surface area contributed by atoms with Gasteiger partial charge in [-0.3, -0.25) is 9.36 Å². The second-order valence-corrected chi connectivity index (χ2v) is 4.84. The van der Waals surface area contributed by atoms with Crippen LogP contribution in [0.3, 0.4) is 0 Å². The first-order valence-electron chi connectivity index (χ1n) is 6.94. The Balaban J connectivity index is 0.00000200. The molecule has 0 atom stereocenters. The molecule has 0 amide bonds. The molecule has 0 radical (unpaired) electrons. The smallest absolute Gasteiger partial charge is 0.0825 e. The summed E-state index contributed by atoms with van der Waals surface area (Å²) in [6.07, 6.45) is 5.29. The summed E-state index contributed by atoms with van der Waals surface area (Å²) in [5.74, 6) is 0. The van der Waals surface area contributed by atoms with E-state index in [1.165, 1.54) is 5.56 Å². The van der Waals surface area contributed by atoms with Gasteiger partial charge in [-0.05, 0) is 27.2 Å². The van der Waals surface area contributed by atoms with E-state index in [1.807, 2.05) is 16.3 Å². The molecule has 112 valence electrons. The van der Waals surface area contributed by atoms with Crippen molar-refractivity contribution in [1.82, 2.24) is 19.6 Å². The quantitative estimate of drug-likeness (QED) is 0.891. The number of nitrogens with zero attached hydrogens (tertiary/aromatic N) is 4. The fourth-order valence-corrected chi connectivity index (χ4v) is 2.12. The zero-order chi connectivity index (χ0) is 13.8. The van der Waals surface area contributed by atoms with E-state index in [0.717, 1.165) is 43.1 Å². The second kappa shape index (κ2) is 7.33. The summed E-state index contributed by atoms with van der Waals surface area (Å²) < 4.78 is 3.97. The lowest BCUT2D eigenvalue weighted by molar-refractivity contribution is 0.598. The Kier molecular flexibility index (Phi) is 6.07. The second-order valence-electron chi connectivity index (χ2n) is 4.84. The Morgan fingerprint density at radius 1 is 1.05 bits per heavy atom. The molecule has 20 heavy (non-hydrogen) atoms. The van der Waals surface area contributed by atoms with Gasteiger partial charge >= 0.3 is 0 Å². The molecule has 1 N–H and O–H groups in total. The van der Waals surface area contributed by atoms with Crippen molar-refractivity contribution in [2.75, 3.05) is 5.32 Å². The van der Waals surface area contributed by atoms with Gasteiger partial charge in [-0.15, -0.1) is 12.4 Å². The number of aromatic nitrogens is 4. The molecule has 5 nitrogen and oxygen atoms in total. The van der Waals surface area contributed by atoms with Gasteiger partial charge in [0, 0.05) is 37.6 Å². The molecular weight excluding hydrogens is 274 g/mol. The summed E-state index contributed by atoms with van der Waals surface area (Å²) in [5.41, 5.74) is 4.49. The predicted molar refractivity (Wildman–Crippen MR) is 84.5 cm³/mol. The lowest BCUT2D eigenvalue weighted by Crippen LogP contribution is -2.00. The largest absolute Gasteiger partial charge is 0.378 e. The molecule has 2 rings (SSSR count). The minimum atomic E-state index is 0. The minimum absolute atomic E-state index is 0. The number of aryl methyl sites for hydroxylation is 4. The van der Waals surface area contributed by atoms with Gasteiger partial charge in [0.15, 0.2) is 0 Å². The highest BCUT2D eigenvalue weighted by molar-refractivity contribution is 5.85. The fourth-order valence-electron chi connectivity index (χ4n) is 2.12. The number of halogens is 1. The van der Waals surface area contributed by atoms with Crippen LogP contribution >= 0.6 is 12.4 Å². The molecule has 0 unspecified atom stereocenters. The first kappa shape index (κ1) is 16.6. The Bertz CT molecular complexity index is 544. The molecule has 0 aromatic carbocycles. The summed E-state index contributed by atoms with van der Waals surface area (Å²) in [4.78, 5) is 0. The van der Waals surface area contributed by atoms with Crippen LogP contribution in [0.25, 0.3) is 0 Å². The number of anilines is 1. The van der Waals surface area contributed by atoms with Crippen molar-refractivity contribution in [3.05, 3.63) is 29.3 Å². The monoisotopic (exact) mass is 297 g/mol. The van der Waals surface area contributed by atoms with E-state index in [1.54, 1.807) is 0 Å². The number of rotatable bonds is 6. The van der Waals surface area contributed by atoms with Crippen LogP contribution in [0.1, 0.15) is 37.2 Å². The SMILES string of the molecule is CCCn1cc(NCc2cn(CC)nc2C)c(C)n1.Cl. The molecule has 0 aliphatic heterocycles. The van der Waals surface area contributed by atoms with Crippen molar-refractivity contribution in [3.8, 4) is 0 Å². The van der Waals surface area contributed by atoms with Gasteiger partial charge in [0.05, 0.1) is 17.1 Å². The van der Waals surface area contributed by atoms with Crippen LogP contribution in [-0.4, -0.2) is 19.6 Å². The highest BCUT2D eigenvalue weighted by atomic mass is 35.5. The molecule has 0 bridgehead atoms. The third-order valence-electron chi connectivity index (χ3n) is 3.24. The van der Waals surface area contributed by atoms with Gasteiger partial charge in [-0.2, -0.15) is 10.2 Å². The van der Waals surface area contributed by atoms with E-state index < -0.39 is 0 Å². The van der Waals surface area contributed by atoms with Crippen molar-refractivity contribution in [2.24, 2.45) is 0 Å². The summed E-state index contributed by atoms with van der Waals surface area (Å²) in [5, 5.41) is 12.4. The van der Waals surface area contributed by atoms with E-state index in [-0.39, 0.29) is 12.4 Å². The van der Waals surface area contributed by atoms with Crippen molar-refractivity contribution in [1.29, 1.82) is 0 Å². The first-order chi connectivity index (χ1) is 9.13. The van der Waals surface area contributed by atoms with Gasteiger partial charge in [0.2, 0.25) is 0 Å². The van der Waals surface area contributed by atoms with E-state index in [0.29, 0.717) is 0 Å². The van der Waals surface area contributed by atoms with Crippen LogP contribution in [-0.2, 0) is 19.6 Å². The van der Waals surface area contributed by atoms with Crippen LogP contribution in [0.4, 0.5) is 5.69 Å². The first-order valence-corrected chi connectivity index (χ1v) is 6.94. The van der Waals surface area contributed by atoms with Gasteiger partial charge in [-0.1, -0.05) is 6.92 Å². The van der Waals surface area contributed by atoms with E-state index >= 15 is 0 Å². The van der Waals surface area contributed by atoms with Gasteiger partial charge in [0.25, 0.3) is 0 Å². The highest BCUT2D eigenvalue weighted by Crippen LogP contribution is 2.15. The topological polar surface area (TPSA) is 47.7 Å². The summed E-state index contributed by atoms with van der Waals surface area (Å²) in [6.45, 7) is 11.0. The number of hydrogen-bond acceptors (Lipinski definition) is 3. The Hall–Kier alpha value is -1.49. The van der Waals surface area contributed by atoms with Crippen molar-refractivity contribution in [2.45, 2.75) is 53.8 Å². The maximum atomic E-state index is 4.49. The predicted octanol–water partition coefficient (Wildman–Crippen LogP) is 3.16. The average molecular weight is 298 g/mol. The summed E-state index contributed by atoms with van der Waals surface area (Å²) in [7, 11) is 0. The van der Waals surface area contributed by atoms with Crippen LogP contribution in [0.2, 0.25) is 0 Å². The van der Waals surface area contributed by atoms with Gasteiger partial charge in [0.1, 0.15) is 0 Å². The molecule has 0 fully saturated rings. The molecule has 6 heteroatoms. The number of hydrogen-bond donors (Lipinski definition) is 1. The Labute approximate surface area is 126 Å². The molecular formula is C14H24ClN5. The van der Waals surface area contributed by atoms with E-state index in [9.17, 15) is 0 Å². The van der Waals surface area contributed by atoms with Gasteiger partial charge in [-0.25, -0.2) is 0 Å². The third-order valence-corrected chi connectivity index (χ3v) is 3.24. The number of nitrogens with one attached hydrogen (secondary N) is 1. The summed E-state index contributed by atoms with van der Waals surface area (Å²) >= 11 is 0. The Morgan fingerprint density at radius 3 is 2.35 bits per heavy atom. The van der Waals surface area contributed by atoms with E-state index in [2.05, 4.69) is 48.7 Å². The van der Waals surface area contributed by atoms with Crippen LogP contribution < -0.4 is 5.32 Å². The lowest BCUT2D eigenvalue weighted by atomic mass is 10.2. The summed E-state index contributed by atoms with van der Waals surface area (Å²) in [6, 6.07) is 0. The standard InChI is InChI=1S/C14H23N5.ClH/c1-5-7-19-10-14(12(4)17-19)15-8-13-9-18(6-2)16-11(13)3;/h9-10,15H,5-8H2,1-4H3;1H. The van der Waals surface area contributed by atoms with Crippen molar-refractivity contribution < 1.29 is 0 Å². The molecule has 2 aromatic rings. The molecule has 0 aliphatic carbocycles. The van der Waals surface area contributed by atoms with E-state index in [4.69, 9.17) is 0 Å². The third kappa shape index (κ3) is 3.76. The van der Waals surface area contributed by atoms with Crippen molar-refractivity contribution in [3.63, 3.8) is 0 Å². The zero-order valence-corrected chi connectivity index (χ0v) is 13.5. The van der Waals surface area contributed by atoms with Crippen LogP contribution in [0, 0.1) is 13.8 Å².